The van der Waals surface area contributed by atoms with Crippen molar-refractivity contribution in [1.29, 1.82) is 0 Å². The van der Waals surface area contributed by atoms with Crippen molar-refractivity contribution in [1.82, 2.24) is 4.31 Å². The molecule has 7 nitrogen and oxygen atoms in total. The van der Waals surface area contributed by atoms with Gasteiger partial charge in [0.15, 0.2) is 0 Å². The normalized spacial score (nSPS) is 18.0. The number of amides is 1. The van der Waals surface area contributed by atoms with Gasteiger partial charge in [0.25, 0.3) is 0 Å². The summed E-state index contributed by atoms with van der Waals surface area (Å²) in [4.78, 5) is 16.3. The lowest BCUT2D eigenvalue weighted by Crippen LogP contribution is -2.48. The lowest BCUT2D eigenvalue weighted by atomic mass is 10.1. The number of hydrogen-bond acceptors (Lipinski definition) is 5. The van der Waals surface area contributed by atoms with Gasteiger partial charge in [0, 0.05) is 44.8 Å². The minimum Gasteiger partial charge on any atom is -0.495 e. The summed E-state index contributed by atoms with van der Waals surface area (Å²) in [6.45, 7) is 6.87. The smallest absolute Gasteiger partial charge is 0.243 e. The summed E-state index contributed by atoms with van der Waals surface area (Å²) in [5, 5.41) is 0. The first kappa shape index (κ1) is 21.6. The van der Waals surface area contributed by atoms with Crippen molar-refractivity contribution < 1.29 is 17.9 Å². The number of hydrogen-bond donors (Lipinski definition) is 0. The van der Waals surface area contributed by atoms with E-state index in [1.807, 2.05) is 6.07 Å². The van der Waals surface area contributed by atoms with Crippen LogP contribution < -0.4 is 14.5 Å². The van der Waals surface area contributed by atoms with Gasteiger partial charge < -0.3 is 14.5 Å². The van der Waals surface area contributed by atoms with Crippen molar-refractivity contribution in [2.45, 2.75) is 31.6 Å². The van der Waals surface area contributed by atoms with Crippen LogP contribution in [-0.2, 0) is 14.8 Å². The summed E-state index contributed by atoms with van der Waals surface area (Å²) in [6.07, 6.45) is 1.24. The highest BCUT2D eigenvalue weighted by molar-refractivity contribution is 7.89. The largest absolute Gasteiger partial charge is 0.495 e. The number of ether oxygens (including phenoxy) is 1. The maximum Gasteiger partial charge on any atom is 0.243 e. The van der Waals surface area contributed by atoms with Gasteiger partial charge in [0.2, 0.25) is 15.9 Å². The molecule has 2 aromatic rings. The Hall–Kier alpha value is -2.58. The Bertz CT molecular complexity index is 1090. The molecule has 0 atom stereocenters. The molecule has 2 fully saturated rings. The maximum absolute atomic E-state index is 13.4. The zero-order valence-electron chi connectivity index (χ0n) is 18.3. The average molecular weight is 444 g/mol. The average Bonchev–Trinajstić information content (AvgIpc) is 3.21. The van der Waals surface area contributed by atoms with E-state index >= 15 is 0 Å². The lowest BCUT2D eigenvalue weighted by Gasteiger charge is -2.36. The number of nitrogens with zero attached hydrogens (tertiary/aromatic N) is 3. The Kier molecular flexibility index (Phi) is 5.94. The van der Waals surface area contributed by atoms with Crippen molar-refractivity contribution >= 4 is 27.3 Å². The molecule has 1 amide bonds. The molecule has 2 aliphatic rings. The van der Waals surface area contributed by atoms with Gasteiger partial charge in [0.1, 0.15) is 5.75 Å². The number of benzene rings is 2. The number of carbonyl (C=O) groups excluding carboxylic acids is 1. The number of anilines is 2. The molecule has 0 spiro atoms. The summed E-state index contributed by atoms with van der Waals surface area (Å²) in [7, 11) is -2.14. The van der Waals surface area contributed by atoms with E-state index in [1.165, 1.54) is 22.5 Å². The van der Waals surface area contributed by atoms with Crippen LogP contribution in [-0.4, -0.2) is 58.5 Å². The zero-order chi connectivity index (χ0) is 22.2. The number of sulfonamides is 1. The Morgan fingerprint density at radius 3 is 2.32 bits per heavy atom. The van der Waals surface area contributed by atoms with E-state index in [9.17, 15) is 13.2 Å². The summed E-state index contributed by atoms with van der Waals surface area (Å²) in [5.41, 5.74) is 4.15. The molecule has 0 bridgehead atoms. The molecule has 2 aromatic carbocycles. The Labute approximate surface area is 184 Å². The van der Waals surface area contributed by atoms with Gasteiger partial charge in [-0.25, -0.2) is 8.42 Å². The van der Waals surface area contributed by atoms with Crippen LogP contribution in [0.2, 0.25) is 0 Å². The third-order valence-electron chi connectivity index (χ3n) is 6.31. The molecule has 2 heterocycles. The molecular weight excluding hydrogens is 414 g/mol. The number of piperazine rings is 1. The zero-order valence-corrected chi connectivity index (χ0v) is 19.1. The van der Waals surface area contributed by atoms with Gasteiger partial charge in [-0.15, -0.1) is 0 Å². The van der Waals surface area contributed by atoms with Crippen LogP contribution in [0.3, 0.4) is 0 Å². The van der Waals surface area contributed by atoms with Crippen molar-refractivity contribution in [2.24, 2.45) is 0 Å². The van der Waals surface area contributed by atoms with Crippen molar-refractivity contribution in [3.8, 4) is 5.75 Å². The molecule has 4 rings (SSSR count). The standard InChI is InChI=1S/C23H29N3O4S/c1-17-6-4-7-20(18(17)2)24-12-14-25(15-13-24)31(28,29)19-9-10-22(30-3)21(16-19)26-11-5-8-23(26)27/h4,6-7,9-10,16H,5,8,11-15H2,1-3H3. The predicted molar refractivity (Wildman–Crippen MR) is 121 cm³/mol. The molecule has 31 heavy (non-hydrogen) atoms. The molecular formula is C23H29N3O4S. The van der Waals surface area contributed by atoms with Gasteiger partial charge >= 0.3 is 0 Å². The van der Waals surface area contributed by atoms with Gasteiger partial charge in [-0.2, -0.15) is 4.31 Å². The van der Waals surface area contributed by atoms with Gasteiger partial charge in [-0.05, 0) is 55.7 Å². The molecule has 8 heteroatoms. The van der Waals surface area contributed by atoms with Gasteiger partial charge in [-0.3, -0.25) is 4.79 Å². The highest BCUT2D eigenvalue weighted by atomic mass is 32.2. The summed E-state index contributed by atoms with van der Waals surface area (Å²) in [5.74, 6) is 0.504. The molecule has 2 aliphatic heterocycles. The van der Waals surface area contributed by atoms with Crippen LogP contribution >= 0.6 is 0 Å². The highest BCUT2D eigenvalue weighted by Gasteiger charge is 2.31. The Morgan fingerprint density at radius 2 is 1.68 bits per heavy atom. The first-order chi connectivity index (χ1) is 14.8. The SMILES string of the molecule is COc1ccc(S(=O)(=O)N2CCN(c3cccc(C)c3C)CC2)cc1N1CCCC1=O. The second kappa shape index (κ2) is 8.51. The van der Waals surface area contributed by atoms with Crippen molar-refractivity contribution in [2.75, 3.05) is 49.6 Å². The van der Waals surface area contributed by atoms with Crippen LogP contribution in [0.1, 0.15) is 24.0 Å². The second-order valence-electron chi connectivity index (χ2n) is 8.09. The number of rotatable bonds is 5. The Balaban J connectivity index is 1.55. The van der Waals surface area contributed by atoms with Crippen LogP contribution in [0.4, 0.5) is 11.4 Å². The monoisotopic (exact) mass is 443 g/mol. The molecule has 0 saturated carbocycles. The number of aryl methyl sites for hydroxylation is 1. The molecule has 166 valence electrons. The first-order valence-electron chi connectivity index (χ1n) is 10.6. The minimum absolute atomic E-state index is 0.00464. The van der Waals surface area contributed by atoms with Crippen LogP contribution in [0.25, 0.3) is 0 Å². The molecule has 0 aliphatic carbocycles. The fourth-order valence-electron chi connectivity index (χ4n) is 4.34. The fourth-order valence-corrected chi connectivity index (χ4v) is 5.78. The maximum atomic E-state index is 13.4. The molecule has 0 N–H and O–H groups in total. The van der Waals surface area contributed by atoms with Gasteiger partial charge in [0.05, 0.1) is 17.7 Å². The number of carbonyl (C=O) groups is 1. The predicted octanol–water partition coefficient (Wildman–Crippen LogP) is 2.95. The third kappa shape index (κ3) is 4.02. The minimum atomic E-state index is -3.67. The van der Waals surface area contributed by atoms with E-state index in [1.54, 1.807) is 23.1 Å². The lowest BCUT2D eigenvalue weighted by molar-refractivity contribution is -0.117. The second-order valence-corrected chi connectivity index (χ2v) is 10.0. The van der Waals surface area contributed by atoms with E-state index in [2.05, 4.69) is 30.9 Å². The Morgan fingerprint density at radius 1 is 0.935 bits per heavy atom. The topological polar surface area (TPSA) is 70.2 Å². The summed E-state index contributed by atoms with van der Waals surface area (Å²) >= 11 is 0. The van der Waals surface area contributed by atoms with Crippen molar-refractivity contribution in [3.05, 3.63) is 47.5 Å². The van der Waals surface area contributed by atoms with E-state index in [0.29, 0.717) is 50.6 Å². The summed E-state index contributed by atoms with van der Waals surface area (Å²) < 4.78 is 33.7. The van der Waals surface area contributed by atoms with Crippen molar-refractivity contribution in [3.63, 3.8) is 0 Å². The van der Waals surface area contributed by atoms with E-state index in [4.69, 9.17) is 4.74 Å². The van der Waals surface area contributed by atoms with E-state index in [0.717, 1.165) is 12.1 Å². The third-order valence-corrected chi connectivity index (χ3v) is 8.20. The van der Waals surface area contributed by atoms with Crippen LogP contribution in [0.15, 0.2) is 41.3 Å². The summed E-state index contributed by atoms with van der Waals surface area (Å²) in [6, 6.07) is 11.0. The first-order valence-corrected chi connectivity index (χ1v) is 12.1. The fraction of sp³-hybridized carbons (Fsp3) is 0.435. The quantitative estimate of drug-likeness (QED) is 0.711. The molecule has 0 unspecified atom stereocenters. The number of methoxy groups -OCH3 is 1. The molecule has 0 aromatic heterocycles. The molecule has 2 saturated heterocycles. The highest BCUT2D eigenvalue weighted by Crippen LogP contribution is 2.35. The van der Waals surface area contributed by atoms with E-state index < -0.39 is 10.0 Å². The van der Waals surface area contributed by atoms with E-state index in [-0.39, 0.29) is 10.8 Å². The molecule has 0 radical (unpaired) electrons. The van der Waals surface area contributed by atoms with Crippen LogP contribution in [0, 0.1) is 13.8 Å². The van der Waals surface area contributed by atoms with Gasteiger partial charge in [-0.1, -0.05) is 12.1 Å². The van der Waals surface area contributed by atoms with Crippen LogP contribution in [0.5, 0.6) is 5.75 Å².